The lowest BCUT2D eigenvalue weighted by molar-refractivity contribution is 0.557. The molecule has 2 aromatic heterocycles. The second-order valence-electron chi connectivity index (χ2n) is 3.59. The van der Waals surface area contributed by atoms with Crippen LogP contribution in [0.25, 0.3) is 0 Å². The number of hydrogen-bond donors (Lipinski definition) is 1. The van der Waals surface area contributed by atoms with E-state index in [0.717, 1.165) is 6.07 Å². The smallest absolute Gasteiger partial charge is 0.276 e. The lowest BCUT2D eigenvalue weighted by Crippen LogP contribution is -2.16. The van der Waals surface area contributed by atoms with E-state index in [9.17, 15) is 12.8 Å². The number of nitrogens with one attached hydrogen (secondary N) is 1. The molecule has 94 valence electrons. The van der Waals surface area contributed by atoms with E-state index in [-0.39, 0.29) is 0 Å². The molecule has 0 aromatic carbocycles. The maximum Gasteiger partial charge on any atom is 0.282 e. The van der Waals surface area contributed by atoms with E-state index >= 15 is 0 Å². The highest BCUT2D eigenvalue weighted by atomic mass is 32.2. The molecule has 0 bridgehead atoms. The van der Waals surface area contributed by atoms with E-state index in [2.05, 4.69) is 14.7 Å². The van der Waals surface area contributed by atoms with Gasteiger partial charge >= 0.3 is 0 Å². The van der Waals surface area contributed by atoms with Crippen molar-refractivity contribution in [2.24, 2.45) is 0 Å². The summed E-state index contributed by atoms with van der Waals surface area (Å²) in [5.41, 5.74) is 0.979. The van der Waals surface area contributed by atoms with E-state index in [1.54, 1.807) is 13.0 Å². The molecule has 0 radical (unpaired) electrons. The Morgan fingerprint density at radius 3 is 2.72 bits per heavy atom. The number of aromatic nitrogens is 2. The van der Waals surface area contributed by atoms with E-state index in [4.69, 9.17) is 0 Å². The Hall–Kier alpha value is -2.02. The van der Waals surface area contributed by atoms with Crippen LogP contribution in [-0.2, 0) is 10.0 Å². The number of nitrogens with zero attached hydrogens (tertiary/aromatic N) is 2. The van der Waals surface area contributed by atoms with E-state index in [0.29, 0.717) is 11.3 Å². The van der Waals surface area contributed by atoms with Crippen LogP contribution in [0.1, 0.15) is 5.56 Å². The van der Waals surface area contributed by atoms with Crippen LogP contribution in [-0.4, -0.2) is 18.4 Å². The first-order valence-corrected chi connectivity index (χ1v) is 6.53. The van der Waals surface area contributed by atoms with Gasteiger partial charge in [-0.1, -0.05) is 0 Å². The van der Waals surface area contributed by atoms with Gasteiger partial charge in [0.25, 0.3) is 10.0 Å². The van der Waals surface area contributed by atoms with Crippen LogP contribution in [0.15, 0.2) is 41.8 Å². The van der Waals surface area contributed by atoms with Crippen molar-refractivity contribution < 1.29 is 12.8 Å². The average Bonchev–Trinajstić information content (AvgIpc) is 2.32. The molecule has 2 rings (SSSR count). The molecule has 0 atom stereocenters. The highest BCUT2D eigenvalue weighted by molar-refractivity contribution is 7.92. The molecular weight excluding hydrogens is 257 g/mol. The first-order chi connectivity index (χ1) is 8.50. The molecule has 0 fully saturated rings. The van der Waals surface area contributed by atoms with Crippen LogP contribution < -0.4 is 4.72 Å². The topological polar surface area (TPSA) is 72.0 Å². The molecule has 0 aliphatic rings. The molecule has 0 amide bonds. The molecule has 0 spiro atoms. The zero-order valence-electron chi connectivity index (χ0n) is 9.46. The Labute approximate surface area is 104 Å². The number of pyridine rings is 2. The Balaban J connectivity index is 2.40. The fourth-order valence-corrected chi connectivity index (χ4v) is 2.46. The number of aryl methyl sites for hydroxylation is 1. The number of hydrogen-bond acceptors (Lipinski definition) is 4. The lowest BCUT2D eigenvalue weighted by Gasteiger charge is -2.09. The number of anilines is 1. The highest BCUT2D eigenvalue weighted by Crippen LogP contribution is 2.18. The zero-order valence-corrected chi connectivity index (χ0v) is 10.3. The van der Waals surface area contributed by atoms with Gasteiger partial charge in [0.2, 0.25) is 5.03 Å². The third-order valence-corrected chi connectivity index (χ3v) is 3.56. The van der Waals surface area contributed by atoms with Gasteiger partial charge in [0.05, 0.1) is 11.9 Å². The standard InChI is InChI=1S/C11H10FN3O2S/c1-8-4-6-13-7-10(8)15-18(16,17)11-9(12)3-2-5-14-11/h2-7,15H,1H3. The molecule has 2 heterocycles. The van der Waals surface area contributed by atoms with Crippen LogP contribution in [0.2, 0.25) is 0 Å². The number of sulfonamides is 1. The van der Waals surface area contributed by atoms with Crippen molar-refractivity contribution in [3.63, 3.8) is 0 Å². The van der Waals surface area contributed by atoms with Crippen molar-refractivity contribution in [1.82, 2.24) is 9.97 Å². The van der Waals surface area contributed by atoms with Crippen LogP contribution in [0, 0.1) is 12.7 Å². The minimum Gasteiger partial charge on any atom is -0.276 e. The summed E-state index contributed by atoms with van der Waals surface area (Å²) in [6, 6.07) is 4.01. The Morgan fingerprint density at radius 2 is 2.06 bits per heavy atom. The number of halogens is 1. The van der Waals surface area contributed by atoms with Crippen molar-refractivity contribution in [2.45, 2.75) is 11.9 Å². The van der Waals surface area contributed by atoms with Crippen LogP contribution in [0.5, 0.6) is 0 Å². The summed E-state index contributed by atoms with van der Waals surface area (Å²) in [6.07, 6.45) is 4.11. The molecule has 0 saturated heterocycles. The van der Waals surface area contributed by atoms with Gasteiger partial charge in [-0.2, -0.15) is 8.42 Å². The molecule has 0 aliphatic heterocycles. The zero-order chi connectivity index (χ0) is 13.2. The van der Waals surface area contributed by atoms with Gasteiger partial charge in [-0.3, -0.25) is 9.71 Å². The summed E-state index contributed by atoms with van der Waals surface area (Å²) in [5, 5.41) is -0.631. The second-order valence-corrected chi connectivity index (χ2v) is 5.18. The van der Waals surface area contributed by atoms with Gasteiger partial charge in [-0.25, -0.2) is 9.37 Å². The van der Waals surface area contributed by atoms with Gasteiger partial charge in [-0.15, -0.1) is 0 Å². The minimum absolute atomic E-state index is 0.294. The van der Waals surface area contributed by atoms with Crippen molar-refractivity contribution in [2.75, 3.05) is 4.72 Å². The molecule has 5 nitrogen and oxygen atoms in total. The third kappa shape index (κ3) is 2.45. The van der Waals surface area contributed by atoms with Gasteiger partial charge < -0.3 is 0 Å². The summed E-state index contributed by atoms with van der Waals surface area (Å²) in [6.45, 7) is 1.72. The fraction of sp³-hybridized carbons (Fsp3) is 0.0909. The van der Waals surface area contributed by atoms with Crippen LogP contribution >= 0.6 is 0 Å². The van der Waals surface area contributed by atoms with E-state index in [1.807, 2.05) is 0 Å². The number of rotatable bonds is 3. The van der Waals surface area contributed by atoms with Crippen molar-refractivity contribution >= 4 is 15.7 Å². The summed E-state index contributed by atoms with van der Waals surface area (Å²) in [5.74, 6) is -0.897. The van der Waals surface area contributed by atoms with Gasteiger partial charge in [0, 0.05) is 12.4 Å². The van der Waals surface area contributed by atoms with Crippen molar-refractivity contribution in [1.29, 1.82) is 0 Å². The predicted octanol–water partition coefficient (Wildman–Crippen LogP) is 1.72. The lowest BCUT2D eigenvalue weighted by atomic mass is 10.3. The third-order valence-electron chi connectivity index (χ3n) is 2.26. The molecule has 1 N–H and O–H groups in total. The quantitative estimate of drug-likeness (QED) is 0.919. The molecule has 7 heteroatoms. The summed E-state index contributed by atoms with van der Waals surface area (Å²) < 4.78 is 39.5. The average molecular weight is 267 g/mol. The van der Waals surface area contributed by atoms with Crippen molar-refractivity contribution in [3.05, 3.63) is 48.2 Å². The van der Waals surface area contributed by atoms with Crippen LogP contribution in [0.4, 0.5) is 10.1 Å². The summed E-state index contributed by atoms with van der Waals surface area (Å²) >= 11 is 0. The second kappa shape index (κ2) is 4.69. The minimum atomic E-state index is -4.04. The van der Waals surface area contributed by atoms with Gasteiger partial charge in [-0.05, 0) is 30.7 Å². The predicted molar refractivity (Wildman–Crippen MR) is 64.0 cm³/mol. The summed E-state index contributed by atoms with van der Waals surface area (Å²) in [7, 11) is -4.04. The Bertz CT molecular complexity index is 673. The molecular formula is C11H10FN3O2S. The van der Waals surface area contributed by atoms with E-state index in [1.165, 1.54) is 24.7 Å². The normalized spacial score (nSPS) is 11.2. The largest absolute Gasteiger partial charge is 0.282 e. The highest BCUT2D eigenvalue weighted by Gasteiger charge is 2.21. The van der Waals surface area contributed by atoms with Crippen LogP contribution in [0.3, 0.4) is 0 Å². The molecule has 0 unspecified atom stereocenters. The van der Waals surface area contributed by atoms with Gasteiger partial charge in [0.1, 0.15) is 0 Å². The molecule has 2 aromatic rings. The first-order valence-electron chi connectivity index (χ1n) is 5.04. The summed E-state index contributed by atoms with van der Waals surface area (Å²) in [4.78, 5) is 7.33. The fourth-order valence-electron chi connectivity index (χ4n) is 1.33. The molecule has 18 heavy (non-hydrogen) atoms. The molecule has 0 aliphatic carbocycles. The SMILES string of the molecule is Cc1ccncc1NS(=O)(=O)c1ncccc1F. The first kappa shape index (κ1) is 12.4. The Morgan fingerprint density at radius 1 is 1.28 bits per heavy atom. The van der Waals surface area contributed by atoms with Gasteiger partial charge in [0.15, 0.2) is 5.82 Å². The maximum atomic E-state index is 13.4. The Kier molecular flexibility index (Phi) is 3.24. The molecule has 0 saturated carbocycles. The van der Waals surface area contributed by atoms with Crippen molar-refractivity contribution in [3.8, 4) is 0 Å². The monoisotopic (exact) mass is 267 g/mol. The van der Waals surface area contributed by atoms with E-state index < -0.39 is 20.9 Å². The maximum absolute atomic E-state index is 13.4.